The average Bonchev–Trinajstić information content (AvgIpc) is 2.86. The third-order valence-corrected chi connectivity index (χ3v) is 5.25. The highest BCUT2D eigenvalue weighted by Crippen LogP contribution is 2.28. The van der Waals surface area contributed by atoms with Crippen molar-refractivity contribution >= 4 is 0 Å². The Kier molecular flexibility index (Phi) is 4.22. The molecular formula is C15H28N2O. The summed E-state index contributed by atoms with van der Waals surface area (Å²) in [6.07, 6.45) is 11.3. The molecule has 3 aliphatic rings. The highest BCUT2D eigenvalue weighted by atomic mass is 16.5. The van der Waals surface area contributed by atoms with Gasteiger partial charge in [0.1, 0.15) is 0 Å². The maximum atomic E-state index is 5.53. The van der Waals surface area contributed by atoms with E-state index in [0.29, 0.717) is 12.1 Å². The fourth-order valence-corrected chi connectivity index (χ4v) is 4.22. The summed E-state index contributed by atoms with van der Waals surface area (Å²) in [5, 5.41) is 3.93. The zero-order chi connectivity index (χ0) is 12.4. The molecule has 2 saturated heterocycles. The van der Waals surface area contributed by atoms with Gasteiger partial charge in [0.2, 0.25) is 0 Å². The predicted molar refractivity (Wildman–Crippen MR) is 73.8 cm³/mol. The fraction of sp³-hybridized carbons (Fsp3) is 1.00. The van der Waals surface area contributed by atoms with Crippen LogP contribution in [0.5, 0.6) is 0 Å². The van der Waals surface area contributed by atoms with E-state index >= 15 is 0 Å². The van der Waals surface area contributed by atoms with E-state index in [-0.39, 0.29) is 0 Å². The Morgan fingerprint density at radius 2 is 1.83 bits per heavy atom. The van der Waals surface area contributed by atoms with Gasteiger partial charge in [0.25, 0.3) is 0 Å². The van der Waals surface area contributed by atoms with E-state index < -0.39 is 0 Å². The molecule has 0 radical (unpaired) electrons. The summed E-state index contributed by atoms with van der Waals surface area (Å²) in [5.41, 5.74) is 0. The summed E-state index contributed by atoms with van der Waals surface area (Å²) < 4.78 is 5.53. The van der Waals surface area contributed by atoms with Gasteiger partial charge in [0, 0.05) is 25.2 Å². The first-order chi connectivity index (χ1) is 8.85. The first-order valence-electron chi connectivity index (χ1n) is 7.88. The van der Waals surface area contributed by atoms with Crippen LogP contribution in [0.3, 0.4) is 0 Å². The lowest BCUT2D eigenvalue weighted by Crippen LogP contribution is -2.50. The van der Waals surface area contributed by atoms with Gasteiger partial charge in [-0.15, -0.1) is 0 Å². The van der Waals surface area contributed by atoms with E-state index in [0.717, 1.165) is 12.1 Å². The standard InChI is InChI=1S/C15H28N2O/c1-18-15-6-2-4-12(11-15)16-13-7-9-17-8-3-5-14(17)10-13/h12-16H,2-11H2,1H3. The Labute approximate surface area is 111 Å². The summed E-state index contributed by atoms with van der Waals surface area (Å²) in [7, 11) is 1.87. The van der Waals surface area contributed by atoms with Gasteiger partial charge < -0.3 is 15.0 Å². The second-order valence-corrected chi connectivity index (χ2v) is 6.44. The first kappa shape index (κ1) is 12.9. The van der Waals surface area contributed by atoms with Crippen molar-refractivity contribution in [1.82, 2.24) is 10.2 Å². The van der Waals surface area contributed by atoms with Crippen LogP contribution >= 0.6 is 0 Å². The van der Waals surface area contributed by atoms with Crippen LogP contribution in [0, 0.1) is 0 Å². The molecule has 0 amide bonds. The molecule has 0 aromatic carbocycles. The summed E-state index contributed by atoms with van der Waals surface area (Å²) in [4.78, 5) is 2.71. The number of methoxy groups -OCH3 is 1. The molecular weight excluding hydrogens is 224 g/mol. The lowest BCUT2D eigenvalue weighted by Gasteiger charge is -2.38. The Bertz CT molecular complexity index is 271. The van der Waals surface area contributed by atoms with Gasteiger partial charge in [-0.2, -0.15) is 0 Å². The Morgan fingerprint density at radius 3 is 2.72 bits per heavy atom. The minimum atomic E-state index is 0.503. The van der Waals surface area contributed by atoms with Gasteiger partial charge in [-0.05, 0) is 64.5 Å². The average molecular weight is 252 g/mol. The highest BCUT2D eigenvalue weighted by Gasteiger charge is 2.33. The SMILES string of the molecule is COC1CCCC(NC2CCN3CCCC3C2)C1. The molecule has 1 aliphatic carbocycles. The van der Waals surface area contributed by atoms with Gasteiger partial charge in [0.15, 0.2) is 0 Å². The second-order valence-electron chi connectivity index (χ2n) is 6.44. The first-order valence-corrected chi connectivity index (χ1v) is 7.88. The van der Waals surface area contributed by atoms with Crippen molar-refractivity contribution < 1.29 is 4.74 Å². The van der Waals surface area contributed by atoms with Gasteiger partial charge in [-0.25, -0.2) is 0 Å². The molecule has 18 heavy (non-hydrogen) atoms. The lowest BCUT2D eigenvalue weighted by molar-refractivity contribution is 0.0533. The number of fused-ring (bicyclic) bond motifs is 1. The van der Waals surface area contributed by atoms with Gasteiger partial charge in [-0.3, -0.25) is 0 Å². The summed E-state index contributed by atoms with van der Waals surface area (Å²) in [5.74, 6) is 0. The van der Waals surface area contributed by atoms with Crippen molar-refractivity contribution in [3.8, 4) is 0 Å². The summed E-state index contributed by atoms with van der Waals surface area (Å²) in [6, 6.07) is 2.37. The molecule has 0 aromatic heterocycles. The third kappa shape index (κ3) is 2.89. The van der Waals surface area contributed by atoms with Crippen LogP contribution < -0.4 is 5.32 Å². The molecule has 1 saturated carbocycles. The van der Waals surface area contributed by atoms with Crippen LogP contribution in [0.15, 0.2) is 0 Å². The molecule has 4 unspecified atom stereocenters. The number of nitrogens with zero attached hydrogens (tertiary/aromatic N) is 1. The summed E-state index contributed by atoms with van der Waals surface area (Å²) in [6.45, 7) is 2.68. The zero-order valence-electron chi connectivity index (χ0n) is 11.7. The van der Waals surface area contributed by atoms with Crippen molar-refractivity contribution in [2.45, 2.75) is 75.6 Å². The highest BCUT2D eigenvalue weighted by molar-refractivity contribution is 4.91. The number of rotatable bonds is 3. The molecule has 0 spiro atoms. The van der Waals surface area contributed by atoms with Crippen LogP contribution in [0.4, 0.5) is 0 Å². The molecule has 0 aromatic rings. The monoisotopic (exact) mass is 252 g/mol. The van der Waals surface area contributed by atoms with E-state index in [2.05, 4.69) is 10.2 Å². The largest absolute Gasteiger partial charge is 0.381 e. The maximum absolute atomic E-state index is 5.53. The van der Waals surface area contributed by atoms with Gasteiger partial charge in [-0.1, -0.05) is 0 Å². The molecule has 4 atom stereocenters. The van der Waals surface area contributed by atoms with E-state index in [9.17, 15) is 0 Å². The molecule has 3 nitrogen and oxygen atoms in total. The fourth-order valence-electron chi connectivity index (χ4n) is 4.22. The van der Waals surface area contributed by atoms with E-state index in [1.54, 1.807) is 0 Å². The molecule has 3 fully saturated rings. The van der Waals surface area contributed by atoms with Crippen LogP contribution in [0.1, 0.15) is 51.4 Å². The summed E-state index contributed by atoms with van der Waals surface area (Å²) >= 11 is 0. The van der Waals surface area contributed by atoms with Crippen molar-refractivity contribution in [3.05, 3.63) is 0 Å². The second kappa shape index (κ2) is 5.89. The number of hydrogen-bond acceptors (Lipinski definition) is 3. The van der Waals surface area contributed by atoms with E-state index in [1.807, 2.05) is 7.11 Å². The topological polar surface area (TPSA) is 24.5 Å². The molecule has 2 heterocycles. The Balaban J connectivity index is 1.47. The van der Waals surface area contributed by atoms with Crippen molar-refractivity contribution in [1.29, 1.82) is 0 Å². The van der Waals surface area contributed by atoms with Gasteiger partial charge >= 0.3 is 0 Å². The van der Waals surface area contributed by atoms with Crippen LogP contribution in [-0.4, -0.2) is 49.3 Å². The smallest absolute Gasteiger partial charge is 0.0586 e. The quantitative estimate of drug-likeness (QED) is 0.833. The lowest BCUT2D eigenvalue weighted by atomic mass is 9.90. The Morgan fingerprint density at radius 1 is 0.944 bits per heavy atom. The third-order valence-electron chi connectivity index (χ3n) is 5.25. The number of nitrogens with one attached hydrogen (secondary N) is 1. The van der Waals surface area contributed by atoms with Crippen LogP contribution in [0.2, 0.25) is 0 Å². The van der Waals surface area contributed by atoms with Crippen LogP contribution in [0.25, 0.3) is 0 Å². The molecule has 3 rings (SSSR count). The molecule has 104 valence electrons. The molecule has 0 bridgehead atoms. The molecule has 2 aliphatic heterocycles. The molecule has 1 N–H and O–H groups in total. The van der Waals surface area contributed by atoms with E-state index in [4.69, 9.17) is 4.74 Å². The van der Waals surface area contributed by atoms with E-state index in [1.165, 1.54) is 64.5 Å². The van der Waals surface area contributed by atoms with Crippen LogP contribution in [-0.2, 0) is 4.74 Å². The van der Waals surface area contributed by atoms with Crippen molar-refractivity contribution in [2.75, 3.05) is 20.2 Å². The van der Waals surface area contributed by atoms with Crippen molar-refractivity contribution in [3.63, 3.8) is 0 Å². The number of ether oxygens (including phenoxy) is 1. The number of piperidine rings is 1. The predicted octanol–water partition coefficient (Wildman–Crippen LogP) is 2.16. The zero-order valence-corrected chi connectivity index (χ0v) is 11.7. The molecule has 3 heteroatoms. The van der Waals surface area contributed by atoms with Crippen molar-refractivity contribution in [2.24, 2.45) is 0 Å². The Hall–Kier alpha value is -0.120. The minimum Gasteiger partial charge on any atom is -0.381 e. The minimum absolute atomic E-state index is 0.503. The number of hydrogen-bond donors (Lipinski definition) is 1. The maximum Gasteiger partial charge on any atom is 0.0586 e. The normalized spacial score (nSPS) is 41.8. The van der Waals surface area contributed by atoms with Gasteiger partial charge in [0.05, 0.1) is 6.10 Å².